The summed E-state index contributed by atoms with van der Waals surface area (Å²) in [7, 11) is -4.14. The van der Waals surface area contributed by atoms with Crippen molar-refractivity contribution in [2.45, 2.75) is 71.0 Å². The number of anilines is 1. The molecule has 0 fully saturated rings. The van der Waals surface area contributed by atoms with Gasteiger partial charge in [-0.1, -0.05) is 72.9 Å². The van der Waals surface area contributed by atoms with Crippen LogP contribution in [-0.4, -0.2) is 43.8 Å². The zero-order chi connectivity index (χ0) is 30.5. The number of aryl methyl sites for hydroxylation is 1. The summed E-state index contributed by atoms with van der Waals surface area (Å²) >= 11 is 12.3. The average Bonchev–Trinajstić information content (AvgIpc) is 2.91. The number of nitrogens with one attached hydrogen (secondary N) is 1. The summed E-state index contributed by atoms with van der Waals surface area (Å²) in [5.41, 5.74) is 2.93. The van der Waals surface area contributed by atoms with Crippen LogP contribution in [-0.2, 0) is 26.2 Å². The van der Waals surface area contributed by atoms with Crippen molar-refractivity contribution in [3.63, 3.8) is 0 Å². The van der Waals surface area contributed by atoms with Gasteiger partial charge in [-0.05, 0) is 81.1 Å². The lowest BCUT2D eigenvalue weighted by molar-refractivity contribution is -0.139. The van der Waals surface area contributed by atoms with E-state index in [0.717, 1.165) is 15.4 Å². The fraction of sp³-hybridized carbons (Fsp3) is 0.355. The molecule has 220 valence electrons. The molecule has 41 heavy (non-hydrogen) atoms. The highest BCUT2D eigenvalue weighted by Gasteiger charge is 2.32. The van der Waals surface area contributed by atoms with E-state index in [9.17, 15) is 18.0 Å². The highest BCUT2D eigenvalue weighted by molar-refractivity contribution is 7.92. The Bertz CT molecular complexity index is 1470. The van der Waals surface area contributed by atoms with Crippen molar-refractivity contribution in [3.05, 3.63) is 93.5 Å². The number of benzene rings is 3. The number of sulfonamides is 1. The van der Waals surface area contributed by atoms with E-state index in [1.165, 1.54) is 17.0 Å². The van der Waals surface area contributed by atoms with Crippen LogP contribution in [0.3, 0.4) is 0 Å². The standard InChI is InChI=1S/C31H37Cl2N3O4S/c1-20(2)25-10-12-26(13-11-25)36(41(39,40)27-14-7-22(5)8-15-27)19-30(37)35(23(6)31(38)34-21(3)4)18-24-9-16-28(32)29(33)17-24/h7-17,20-21,23H,18-19H2,1-6H3,(H,34,38)/t23-/m1/s1. The van der Waals surface area contributed by atoms with Crippen molar-refractivity contribution < 1.29 is 18.0 Å². The molecule has 3 aromatic carbocycles. The van der Waals surface area contributed by atoms with E-state index in [1.54, 1.807) is 49.4 Å². The fourth-order valence-electron chi connectivity index (χ4n) is 4.21. The summed E-state index contributed by atoms with van der Waals surface area (Å²) in [6, 6.07) is 17.5. The average molecular weight is 619 g/mol. The maximum absolute atomic E-state index is 14.0. The largest absolute Gasteiger partial charge is 0.352 e. The predicted molar refractivity (Wildman–Crippen MR) is 166 cm³/mol. The molecule has 0 aliphatic rings. The Hall–Kier alpha value is -3.07. The number of rotatable bonds is 11. The van der Waals surface area contributed by atoms with Gasteiger partial charge in [0.05, 0.1) is 20.6 Å². The molecule has 1 N–H and O–H groups in total. The molecule has 1 atom stereocenters. The van der Waals surface area contributed by atoms with Gasteiger partial charge in [0.25, 0.3) is 10.0 Å². The van der Waals surface area contributed by atoms with E-state index in [0.29, 0.717) is 21.3 Å². The highest BCUT2D eigenvalue weighted by atomic mass is 35.5. The summed E-state index contributed by atoms with van der Waals surface area (Å²) in [6.45, 7) is 10.7. The normalized spacial score (nSPS) is 12.3. The Balaban J connectivity index is 2.06. The lowest BCUT2D eigenvalue weighted by Gasteiger charge is -2.32. The van der Waals surface area contributed by atoms with Gasteiger partial charge in [-0.2, -0.15) is 0 Å². The zero-order valence-electron chi connectivity index (χ0n) is 24.2. The third kappa shape index (κ3) is 8.24. The second-order valence-electron chi connectivity index (χ2n) is 10.7. The Morgan fingerprint density at radius 2 is 1.46 bits per heavy atom. The monoisotopic (exact) mass is 617 g/mol. The van der Waals surface area contributed by atoms with Gasteiger partial charge in [0.2, 0.25) is 11.8 Å². The first-order valence-corrected chi connectivity index (χ1v) is 15.6. The van der Waals surface area contributed by atoms with E-state index in [1.807, 2.05) is 46.8 Å². The fourth-order valence-corrected chi connectivity index (χ4v) is 5.95. The van der Waals surface area contributed by atoms with Crippen molar-refractivity contribution in [3.8, 4) is 0 Å². The summed E-state index contributed by atoms with van der Waals surface area (Å²) < 4.78 is 29.0. The van der Waals surface area contributed by atoms with Crippen LogP contribution in [0.1, 0.15) is 57.2 Å². The maximum atomic E-state index is 14.0. The predicted octanol–water partition coefficient (Wildman–Crippen LogP) is 6.56. The van der Waals surface area contributed by atoms with Gasteiger partial charge in [-0.15, -0.1) is 0 Å². The minimum absolute atomic E-state index is 0.0209. The zero-order valence-corrected chi connectivity index (χ0v) is 26.5. The molecule has 3 aromatic rings. The molecule has 10 heteroatoms. The Morgan fingerprint density at radius 3 is 2.00 bits per heavy atom. The molecule has 2 amide bonds. The lowest BCUT2D eigenvalue weighted by atomic mass is 10.0. The molecule has 0 unspecified atom stereocenters. The van der Waals surface area contributed by atoms with Crippen LogP contribution in [0.2, 0.25) is 10.0 Å². The van der Waals surface area contributed by atoms with Gasteiger partial charge in [-0.3, -0.25) is 13.9 Å². The van der Waals surface area contributed by atoms with Crippen LogP contribution < -0.4 is 9.62 Å². The molecule has 0 spiro atoms. The molecular formula is C31H37Cl2N3O4S. The number of hydrogen-bond donors (Lipinski definition) is 1. The van der Waals surface area contributed by atoms with Crippen LogP contribution in [0, 0.1) is 6.92 Å². The number of carbonyl (C=O) groups is 2. The van der Waals surface area contributed by atoms with Crippen molar-refractivity contribution in [2.24, 2.45) is 0 Å². The molecule has 0 aliphatic heterocycles. The Labute approximate surface area is 253 Å². The molecule has 3 rings (SSSR count). The van der Waals surface area contributed by atoms with E-state index in [4.69, 9.17) is 23.2 Å². The molecule has 0 aromatic heterocycles. The van der Waals surface area contributed by atoms with Crippen LogP contribution in [0.4, 0.5) is 5.69 Å². The lowest BCUT2D eigenvalue weighted by Crippen LogP contribution is -2.52. The van der Waals surface area contributed by atoms with Gasteiger partial charge in [0.1, 0.15) is 12.6 Å². The third-order valence-corrected chi connectivity index (χ3v) is 9.20. The summed E-state index contributed by atoms with van der Waals surface area (Å²) in [4.78, 5) is 28.5. The number of halogens is 2. The smallest absolute Gasteiger partial charge is 0.264 e. The topological polar surface area (TPSA) is 86.8 Å². The first-order valence-electron chi connectivity index (χ1n) is 13.4. The van der Waals surface area contributed by atoms with Gasteiger partial charge in [0, 0.05) is 12.6 Å². The Kier molecular flexibility index (Phi) is 10.9. The van der Waals surface area contributed by atoms with Crippen molar-refractivity contribution in [1.82, 2.24) is 10.2 Å². The summed E-state index contributed by atoms with van der Waals surface area (Å²) in [5.74, 6) is -0.663. The van der Waals surface area contributed by atoms with Crippen molar-refractivity contribution >= 4 is 50.7 Å². The van der Waals surface area contributed by atoms with Gasteiger partial charge >= 0.3 is 0 Å². The first-order chi connectivity index (χ1) is 19.2. The number of amides is 2. The number of hydrogen-bond acceptors (Lipinski definition) is 4. The van der Waals surface area contributed by atoms with Crippen molar-refractivity contribution in [1.29, 1.82) is 0 Å². The molecule has 0 heterocycles. The molecule has 0 saturated heterocycles. The molecule has 0 radical (unpaired) electrons. The minimum atomic E-state index is -4.14. The quantitative estimate of drug-likeness (QED) is 0.264. The third-order valence-electron chi connectivity index (χ3n) is 6.67. The van der Waals surface area contributed by atoms with Crippen LogP contribution in [0.5, 0.6) is 0 Å². The summed E-state index contributed by atoms with van der Waals surface area (Å²) in [5, 5.41) is 3.51. The van der Waals surface area contributed by atoms with E-state index in [2.05, 4.69) is 5.32 Å². The molecule has 7 nitrogen and oxygen atoms in total. The van der Waals surface area contributed by atoms with Gasteiger partial charge < -0.3 is 10.2 Å². The molecular weight excluding hydrogens is 581 g/mol. The van der Waals surface area contributed by atoms with Crippen molar-refractivity contribution in [2.75, 3.05) is 10.8 Å². The molecule has 0 saturated carbocycles. The number of nitrogens with zero attached hydrogens (tertiary/aromatic N) is 2. The minimum Gasteiger partial charge on any atom is -0.352 e. The van der Waals surface area contributed by atoms with E-state index >= 15 is 0 Å². The summed E-state index contributed by atoms with van der Waals surface area (Å²) in [6.07, 6.45) is 0. The highest BCUT2D eigenvalue weighted by Crippen LogP contribution is 2.28. The second kappa shape index (κ2) is 13.7. The second-order valence-corrected chi connectivity index (χ2v) is 13.4. The van der Waals surface area contributed by atoms with Crippen LogP contribution in [0.15, 0.2) is 71.6 Å². The molecule has 0 aliphatic carbocycles. The molecule has 0 bridgehead atoms. The van der Waals surface area contributed by atoms with E-state index < -0.39 is 28.5 Å². The SMILES string of the molecule is Cc1ccc(S(=O)(=O)N(CC(=O)N(Cc2ccc(Cl)c(Cl)c2)[C@H](C)C(=O)NC(C)C)c2ccc(C(C)C)cc2)cc1. The Morgan fingerprint density at radius 1 is 0.854 bits per heavy atom. The maximum Gasteiger partial charge on any atom is 0.264 e. The first kappa shape index (κ1) is 32.4. The van der Waals surface area contributed by atoms with E-state index in [-0.39, 0.29) is 29.3 Å². The number of carbonyl (C=O) groups excluding carboxylic acids is 2. The van der Waals surface area contributed by atoms with Gasteiger partial charge in [-0.25, -0.2) is 8.42 Å². The van der Waals surface area contributed by atoms with Gasteiger partial charge in [0.15, 0.2) is 0 Å². The van der Waals surface area contributed by atoms with Crippen LogP contribution in [0.25, 0.3) is 0 Å². The van der Waals surface area contributed by atoms with Crippen LogP contribution >= 0.6 is 23.2 Å².